The van der Waals surface area contributed by atoms with E-state index in [1.54, 1.807) is 11.6 Å². The van der Waals surface area contributed by atoms with Crippen molar-refractivity contribution in [1.82, 2.24) is 9.97 Å². The smallest absolute Gasteiger partial charge is 0.217 e. The quantitative estimate of drug-likeness (QED) is 0.538. The Morgan fingerprint density at radius 2 is 1.88 bits per heavy atom. The highest BCUT2D eigenvalue weighted by atomic mass is 16.5. The molecule has 1 saturated carbocycles. The molecule has 0 bridgehead atoms. The standard InChI is InChI=1S/C30H32N2O2/c1-2-34-29-18-27(31-30(32-29)24-13-7-8-14-28(24)33)26-17-25-20-10-4-3-9-19(20)15-16-23(25)21-11-5-6-12-22(21)26/h3-4,8-10,14,17-18,21-22,33H,2,5-7,11-13,15-16H2,1H3. The number of benzene rings is 1. The summed E-state index contributed by atoms with van der Waals surface area (Å²) in [6.07, 6.45) is 15.2. The summed E-state index contributed by atoms with van der Waals surface area (Å²) in [7, 11) is 0. The van der Waals surface area contributed by atoms with Gasteiger partial charge in [-0.2, -0.15) is 4.98 Å². The van der Waals surface area contributed by atoms with Crippen molar-refractivity contribution >= 4 is 16.7 Å². The van der Waals surface area contributed by atoms with Gasteiger partial charge in [-0.25, -0.2) is 4.98 Å². The fourth-order valence-electron chi connectivity index (χ4n) is 6.39. The van der Waals surface area contributed by atoms with Crippen LogP contribution in [0.4, 0.5) is 0 Å². The number of nitrogens with zero attached hydrogens (tertiary/aromatic N) is 2. The topological polar surface area (TPSA) is 55.2 Å². The Morgan fingerprint density at radius 3 is 2.74 bits per heavy atom. The van der Waals surface area contributed by atoms with Gasteiger partial charge in [0.1, 0.15) is 5.76 Å². The van der Waals surface area contributed by atoms with Gasteiger partial charge >= 0.3 is 0 Å². The molecule has 1 heterocycles. The molecule has 1 aromatic carbocycles. The number of aliphatic hydroxyl groups excluding tert-OH is 1. The van der Waals surface area contributed by atoms with Crippen molar-refractivity contribution in [2.45, 2.75) is 58.3 Å². The zero-order chi connectivity index (χ0) is 23.1. The van der Waals surface area contributed by atoms with Crippen molar-refractivity contribution in [2.75, 3.05) is 6.61 Å². The van der Waals surface area contributed by atoms with Gasteiger partial charge in [-0.15, -0.1) is 0 Å². The van der Waals surface area contributed by atoms with Gasteiger partial charge < -0.3 is 9.84 Å². The van der Waals surface area contributed by atoms with E-state index < -0.39 is 0 Å². The Morgan fingerprint density at radius 1 is 1.03 bits per heavy atom. The summed E-state index contributed by atoms with van der Waals surface area (Å²) in [6.45, 7) is 2.53. The van der Waals surface area contributed by atoms with E-state index in [0.29, 0.717) is 30.1 Å². The molecule has 34 heavy (non-hydrogen) atoms. The first-order valence-corrected chi connectivity index (χ1v) is 12.9. The number of aliphatic hydroxyl groups is 1. The molecule has 0 amide bonds. The Bertz CT molecular complexity index is 1250. The minimum atomic E-state index is 0.269. The minimum absolute atomic E-state index is 0.269. The molecule has 2 aromatic rings. The van der Waals surface area contributed by atoms with Crippen LogP contribution in [0.3, 0.4) is 0 Å². The monoisotopic (exact) mass is 452 g/mol. The second kappa shape index (κ2) is 8.90. The molecule has 0 radical (unpaired) electrons. The number of hydrogen-bond donors (Lipinski definition) is 1. The largest absolute Gasteiger partial charge is 0.508 e. The number of ether oxygens (including phenoxy) is 1. The third-order valence-electron chi connectivity index (χ3n) is 7.94. The van der Waals surface area contributed by atoms with Gasteiger partial charge in [-0.1, -0.05) is 48.8 Å². The van der Waals surface area contributed by atoms with Crippen LogP contribution in [-0.4, -0.2) is 21.7 Å². The second-order valence-corrected chi connectivity index (χ2v) is 9.85. The van der Waals surface area contributed by atoms with Gasteiger partial charge in [0.15, 0.2) is 5.82 Å². The summed E-state index contributed by atoms with van der Waals surface area (Å²) in [6, 6.07) is 10.9. The van der Waals surface area contributed by atoms with Gasteiger partial charge in [0.25, 0.3) is 0 Å². The first-order valence-electron chi connectivity index (χ1n) is 12.9. The predicted octanol–water partition coefficient (Wildman–Crippen LogP) is 7.10. The predicted molar refractivity (Wildman–Crippen MR) is 136 cm³/mol. The first kappa shape index (κ1) is 21.4. The van der Waals surface area contributed by atoms with E-state index in [-0.39, 0.29) is 5.76 Å². The highest BCUT2D eigenvalue weighted by Gasteiger charge is 2.38. The van der Waals surface area contributed by atoms with Gasteiger partial charge in [-0.3, -0.25) is 0 Å². The second-order valence-electron chi connectivity index (χ2n) is 9.85. The lowest BCUT2D eigenvalue weighted by Gasteiger charge is -2.41. The summed E-state index contributed by atoms with van der Waals surface area (Å²) in [5.41, 5.74) is 9.00. The minimum Gasteiger partial charge on any atom is -0.508 e. The Labute approximate surface area is 201 Å². The van der Waals surface area contributed by atoms with Crippen LogP contribution in [0.15, 0.2) is 59.9 Å². The molecular formula is C30H32N2O2. The van der Waals surface area contributed by atoms with Crippen LogP contribution in [0.1, 0.15) is 74.5 Å². The zero-order valence-corrected chi connectivity index (χ0v) is 19.9. The Balaban J connectivity index is 1.52. The molecule has 4 aliphatic carbocycles. The molecule has 1 aromatic heterocycles. The fourth-order valence-corrected chi connectivity index (χ4v) is 6.39. The highest BCUT2D eigenvalue weighted by Crippen LogP contribution is 2.52. The maximum atomic E-state index is 10.5. The number of rotatable bonds is 4. The molecule has 0 spiro atoms. The molecule has 0 saturated heterocycles. The van der Waals surface area contributed by atoms with E-state index in [0.717, 1.165) is 30.5 Å². The SMILES string of the molecule is CCOc1cc(C2=CC3=C(CCc4ccccc43)C3CCCCC23)nc(C2=C(O)C=CCC2)n1. The lowest BCUT2D eigenvalue weighted by molar-refractivity contribution is 0.320. The molecule has 2 atom stereocenters. The molecular weight excluding hydrogens is 420 g/mol. The number of allylic oxidation sites excluding steroid dienone is 7. The molecule has 2 unspecified atom stereocenters. The lowest BCUT2D eigenvalue weighted by atomic mass is 9.63. The summed E-state index contributed by atoms with van der Waals surface area (Å²) < 4.78 is 5.89. The maximum absolute atomic E-state index is 10.5. The fraction of sp³-hybridized carbons (Fsp3) is 0.400. The third kappa shape index (κ3) is 3.70. The van der Waals surface area contributed by atoms with Crippen molar-refractivity contribution < 1.29 is 9.84 Å². The molecule has 0 aliphatic heterocycles. The Hall–Kier alpha value is -3.14. The van der Waals surface area contributed by atoms with Crippen LogP contribution in [0.2, 0.25) is 0 Å². The van der Waals surface area contributed by atoms with E-state index in [4.69, 9.17) is 9.72 Å². The number of aromatic nitrogens is 2. The zero-order valence-electron chi connectivity index (χ0n) is 19.9. The molecule has 174 valence electrons. The van der Waals surface area contributed by atoms with Gasteiger partial charge in [0, 0.05) is 11.6 Å². The number of fused-ring (bicyclic) bond motifs is 4. The van der Waals surface area contributed by atoms with E-state index in [9.17, 15) is 5.11 Å². The van der Waals surface area contributed by atoms with Crippen molar-refractivity contribution in [3.8, 4) is 5.88 Å². The van der Waals surface area contributed by atoms with Crippen LogP contribution in [0, 0.1) is 11.8 Å². The van der Waals surface area contributed by atoms with Crippen molar-refractivity contribution in [3.63, 3.8) is 0 Å². The van der Waals surface area contributed by atoms with Crippen LogP contribution >= 0.6 is 0 Å². The van der Waals surface area contributed by atoms with Crippen molar-refractivity contribution in [3.05, 3.63) is 82.5 Å². The number of aryl methyl sites for hydroxylation is 1. The molecule has 1 N–H and O–H groups in total. The average Bonchev–Trinajstić information content (AvgIpc) is 2.88. The number of hydrogen-bond acceptors (Lipinski definition) is 4. The summed E-state index contributed by atoms with van der Waals surface area (Å²) in [5, 5.41) is 10.5. The third-order valence-corrected chi connectivity index (χ3v) is 7.94. The van der Waals surface area contributed by atoms with E-state index >= 15 is 0 Å². The molecule has 6 rings (SSSR count). The van der Waals surface area contributed by atoms with Crippen LogP contribution in [-0.2, 0) is 6.42 Å². The van der Waals surface area contributed by atoms with Crippen molar-refractivity contribution in [1.29, 1.82) is 0 Å². The molecule has 4 nitrogen and oxygen atoms in total. The van der Waals surface area contributed by atoms with Crippen molar-refractivity contribution in [2.24, 2.45) is 11.8 Å². The summed E-state index contributed by atoms with van der Waals surface area (Å²) in [5.74, 6) is 2.54. The van der Waals surface area contributed by atoms with E-state index in [1.807, 2.05) is 19.1 Å². The van der Waals surface area contributed by atoms with Crippen LogP contribution < -0.4 is 4.74 Å². The van der Waals surface area contributed by atoms with Gasteiger partial charge in [0.2, 0.25) is 5.88 Å². The van der Waals surface area contributed by atoms with E-state index in [1.165, 1.54) is 54.4 Å². The molecule has 1 fully saturated rings. The average molecular weight is 453 g/mol. The first-order chi connectivity index (χ1) is 16.7. The molecule has 4 aliphatic rings. The van der Waals surface area contributed by atoms with Gasteiger partial charge in [0.05, 0.1) is 12.3 Å². The normalized spacial score (nSPS) is 23.7. The van der Waals surface area contributed by atoms with Gasteiger partial charge in [-0.05, 0) is 91.7 Å². The van der Waals surface area contributed by atoms with E-state index in [2.05, 4.69) is 35.3 Å². The lowest BCUT2D eigenvalue weighted by Crippen LogP contribution is -2.28. The van der Waals surface area contributed by atoms with Crippen LogP contribution in [0.25, 0.3) is 16.7 Å². The molecule has 4 heteroatoms. The van der Waals surface area contributed by atoms with Crippen LogP contribution in [0.5, 0.6) is 5.88 Å². The summed E-state index contributed by atoms with van der Waals surface area (Å²) in [4.78, 5) is 9.75. The Kier molecular flexibility index (Phi) is 5.60. The highest BCUT2D eigenvalue weighted by molar-refractivity contribution is 5.90. The summed E-state index contributed by atoms with van der Waals surface area (Å²) >= 11 is 0. The maximum Gasteiger partial charge on any atom is 0.217 e.